The summed E-state index contributed by atoms with van der Waals surface area (Å²) in [6.45, 7) is 1.87. The lowest BCUT2D eigenvalue weighted by atomic mass is 10.4. The molecular formula is C13H13Cl2N3OS. The lowest BCUT2D eigenvalue weighted by molar-refractivity contribution is -0.113. The van der Waals surface area contributed by atoms with Crippen molar-refractivity contribution in [2.45, 2.75) is 11.8 Å². The fourth-order valence-corrected chi connectivity index (χ4v) is 2.93. The molecule has 1 N–H and O–H groups in total. The SMILES string of the molecule is Cc1cc(NC(=O)CSc2cc(Cl)ccc2Cl)n(C)n1. The van der Waals surface area contributed by atoms with Gasteiger partial charge in [-0.1, -0.05) is 23.2 Å². The van der Waals surface area contributed by atoms with E-state index in [-0.39, 0.29) is 11.7 Å². The summed E-state index contributed by atoms with van der Waals surface area (Å²) in [5, 5.41) is 8.15. The molecule has 1 amide bonds. The summed E-state index contributed by atoms with van der Waals surface area (Å²) in [5.74, 6) is 0.809. The van der Waals surface area contributed by atoms with Gasteiger partial charge < -0.3 is 5.32 Å². The molecule has 0 spiro atoms. The molecule has 0 saturated heterocycles. The van der Waals surface area contributed by atoms with E-state index in [1.807, 2.05) is 13.0 Å². The molecule has 0 unspecified atom stereocenters. The van der Waals surface area contributed by atoms with Crippen LogP contribution in [0.4, 0.5) is 5.82 Å². The van der Waals surface area contributed by atoms with Crippen LogP contribution in [-0.4, -0.2) is 21.4 Å². The maximum Gasteiger partial charge on any atom is 0.235 e. The number of benzene rings is 1. The van der Waals surface area contributed by atoms with Crippen molar-refractivity contribution in [2.24, 2.45) is 7.05 Å². The zero-order valence-corrected chi connectivity index (χ0v) is 13.3. The number of aryl methyl sites for hydroxylation is 2. The molecule has 106 valence electrons. The quantitative estimate of drug-likeness (QED) is 0.868. The lowest BCUT2D eigenvalue weighted by Gasteiger charge is -2.06. The number of thioether (sulfide) groups is 1. The minimum atomic E-state index is -0.117. The van der Waals surface area contributed by atoms with Crippen molar-refractivity contribution in [1.29, 1.82) is 0 Å². The summed E-state index contributed by atoms with van der Waals surface area (Å²) in [5.41, 5.74) is 0.855. The van der Waals surface area contributed by atoms with Crippen molar-refractivity contribution < 1.29 is 4.79 Å². The van der Waals surface area contributed by atoms with Gasteiger partial charge in [-0.05, 0) is 25.1 Å². The van der Waals surface area contributed by atoms with Crippen molar-refractivity contribution in [3.8, 4) is 0 Å². The Morgan fingerprint density at radius 3 is 2.80 bits per heavy atom. The number of anilines is 1. The molecule has 2 rings (SSSR count). The number of amides is 1. The Bertz CT molecular complexity index is 643. The van der Waals surface area contributed by atoms with Crippen molar-refractivity contribution in [3.05, 3.63) is 40.0 Å². The van der Waals surface area contributed by atoms with E-state index in [1.54, 1.807) is 29.9 Å². The van der Waals surface area contributed by atoms with E-state index in [0.29, 0.717) is 15.9 Å². The Balaban J connectivity index is 1.95. The molecule has 0 radical (unpaired) electrons. The maximum absolute atomic E-state index is 11.9. The number of nitrogens with one attached hydrogen (secondary N) is 1. The van der Waals surface area contributed by atoms with Crippen LogP contribution in [0.5, 0.6) is 0 Å². The van der Waals surface area contributed by atoms with Crippen molar-refractivity contribution in [1.82, 2.24) is 9.78 Å². The van der Waals surface area contributed by atoms with Gasteiger partial charge in [0.05, 0.1) is 16.5 Å². The standard InChI is InChI=1S/C13H13Cl2N3OS/c1-8-5-12(18(2)17-8)16-13(19)7-20-11-6-9(14)3-4-10(11)15/h3-6H,7H2,1-2H3,(H,16,19). The van der Waals surface area contributed by atoms with Crippen molar-refractivity contribution in [2.75, 3.05) is 11.1 Å². The smallest absolute Gasteiger partial charge is 0.235 e. The fourth-order valence-electron chi connectivity index (χ4n) is 1.64. The van der Waals surface area contributed by atoms with Crippen LogP contribution in [0.25, 0.3) is 0 Å². The highest BCUT2D eigenvalue weighted by Crippen LogP contribution is 2.29. The molecule has 1 aromatic carbocycles. The monoisotopic (exact) mass is 329 g/mol. The second kappa shape index (κ2) is 6.52. The average molecular weight is 330 g/mol. The second-order valence-electron chi connectivity index (χ2n) is 4.21. The van der Waals surface area contributed by atoms with Crippen molar-refractivity contribution >= 4 is 46.7 Å². The van der Waals surface area contributed by atoms with Crippen LogP contribution in [0.15, 0.2) is 29.2 Å². The molecule has 0 aliphatic carbocycles. The Kier molecular flexibility index (Phi) is 4.96. The van der Waals surface area contributed by atoms with Crippen LogP contribution in [0.1, 0.15) is 5.69 Å². The first-order chi connectivity index (χ1) is 9.45. The van der Waals surface area contributed by atoms with Gasteiger partial charge in [0.15, 0.2) is 0 Å². The first-order valence-corrected chi connectivity index (χ1v) is 7.58. The Morgan fingerprint density at radius 1 is 1.40 bits per heavy atom. The van der Waals surface area contributed by atoms with Crippen LogP contribution in [0, 0.1) is 6.92 Å². The Morgan fingerprint density at radius 2 is 2.15 bits per heavy atom. The van der Waals surface area contributed by atoms with E-state index in [1.165, 1.54) is 11.8 Å². The van der Waals surface area contributed by atoms with E-state index >= 15 is 0 Å². The summed E-state index contributed by atoms with van der Waals surface area (Å²) in [6, 6.07) is 6.99. The van der Waals surface area contributed by atoms with Crippen LogP contribution in [0.2, 0.25) is 10.0 Å². The summed E-state index contributed by atoms with van der Waals surface area (Å²) in [7, 11) is 1.78. The van der Waals surface area contributed by atoms with E-state index in [9.17, 15) is 4.79 Å². The molecule has 0 aliphatic rings. The first kappa shape index (κ1) is 15.2. The van der Waals surface area contributed by atoms with Crippen LogP contribution < -0.4 is 5.32 Å². The number of halogens is 2. The molecule has 0 fully saturated rings. The molecule has 0 aliphatic heterocycles. The summed E-state index contributed by atoms with van der Waals surface area (Å²) in [6.07, 6.45) is 0. The minimum Gasteiger partial charge on any atom is -0.310 e. The highest BCUT2D eigenvalue weighted by molar-refractivity contribution is 8.00. The van der Waals surface area contributed by atoms with Gasteiger partial charge in [0.2, 0.25) is 5.91 Å². The number of hydrogen-bond acceptors (Lipinski definition) is 3. The molecular weight excluding hydrogens is 317 g/mol. The van der Waals surface area contributed by atoms with Gasteiger partial charge in [-0.15, -0.1) is 11.8 Å². The van der Waals surface area contributed by atoms with Crippen LogP contribution in [0.3, 0.4) is 0 Å². The second-order valence-corrected chi connectivity index (χ2v) is 6.07. The van der Waals surface area contributed by atoms with E-state index in [4.69, 9.17) is 23.2 Å². The molecule has 0 saturated carbocycles. The summed E-state index contributed by atoms with van der Waals surface area (Å²) in [4.78, 5) is 12.7. The lowest BCUT2D eigenvalue weighted by Crippen LogP contribution is -2.16. The zero-order valence-electron chi connectivity index (χ0n) is 11.0. The largest absolute Gasteiger partial charge is 0.310 e. The highest BCUT2D eigenvalue weighted by Gasteiger charge is 2.09. The molecule has 20 heavy (non-hydrogen) atoms. The topological polar surface area (TPSA) is 46.9 Å². The number of aromatic nitrogens is 2. The van der Waals surface area contributed by atoms with Crippen molar-refractivity contribution in [3.63, 3.8) is 0 Å². The first-order valence-electron chi connectivity index (χ1n) is 5.84. The van der Waals surface area contributed by atoms with Gasteiger partial charge in [0, 0.05) is 23.0 Å². The number of rotatable bonds is 4. The molecule has 2 aromatic rings. The molecule has 4 nitrogen and oxygen atoms in total. The molecule has 0 bridgehead atoms. The minimum absolute atomic E-state index is 0.117. The van der Waals surface area contributed by atoms with E-state index in [2.05, 4.69) is 10.4 Å². The van der Waals surface area contributed by atoms with E-state index < -0.39 is 0 Å². The summed E-state index contributed by atoms with van der Waals surface area (Å²) < 4.78 is 1.63. The highest BCUT2D eigenvalue weighted by atomic mass is 35.5. The van der Waals surface area contributed by atoms with Gasteiger partial charge in [-0.2, -0.15) is 5.10 Å². The van der Waals surface area contributed by atoms with Gasteiger partial charge in [0.25, 0.3) is 0 Å². The normalized spacial score (nSPS) is 10.6. The van der Waals surface area contributed by atoms with Crippen LogP contribution in [-0.2, 0) is 11.8 Å². The molecule has 7 heteroatoms. The number of nitrogens with zero attached hydrogens (tertiary/aromatic N) is 2. The Hall–Kier alpha value is -1.17. The van der Waals surface area contributed by atoms with Crippen LogP contribution >= 0.6 is 35.0 Å². The number of carbonyl (C=O) groups excluding carboxylic acids is 1. The summed E-state index contributed by atoms with van der Waals surface area (Å²) >= 11 is 13.3. The third-order valence-corrected chi connectivity index (χ3v) is 4.25. The van der Waals surface area contributed by atoms with Gasteiger partial charge >= 0.3 is 0 Å². The molecule has 1 aromatic heterocycles. The predicted octanol–water partition coefficient (Wildman–Crippen LogP) is 3.77. The van der Waals surface area contributed by atoms with Gasteiger partial charge in [-0.3, -0.25) is 9.48 Å². The van der Waals surface area contributed by atoms with Gasteiger partial charge in [-0.25, -0.2) is 0 Å². The number of carbonyl (C=O) groups is 1. The van der Waals surface area contributed by atoms with Gasteiger partial charge in [0.1, 0.15) is 5.82 Å². The molecule has 0 atom stereocenters. The fraction of sp³-hybridized carbons (Fsp3) is 0.231. The number of hydrogen-bond donors (Lipinski definition) is 1. The van der Waals surface area contributed by atoms with E-state index in [0.717, 1.165) is 10.6 Å². The molecule has 1 heterocycles. The maximum atomic E-state index is 11.9. The average Bonchev–Trinajstić information content (AvgIpc) is 2.69. The third-order valence-electron chi connectivity index (χ3n) is 2.52. The Labute approximate surface area is 131 Å². The third kappa shape index (κ3) is 3.91. The zero-order chi connectivity index (χ0) is 14.7. The predicted molar refractivity (Wildman–Crippen MR) is 83.8 cm³/mol.